The molecule has 0 spiro atoms. The van der Waals surface area contributed by atoms with Gasteiger partial charge in [0.05, 0.1) is 25.9 Å². The van der Waals surface area contributed by atoms with E-state index in [0.717, 1.165) is 22.6 Å². The van der Waals surface area contributed by atoms with Gasteiger partial charge in [0.25, 0.3) is 0 Å². The van der Waals surface area contributed by atoms with Crippen LogP contribution in [0, 0.1) is 0 Å². The van der Waals surface area contributed by atoms with Crippen molar-refractivity contribution in [3.05, 3.63) is 35.4 Å². The summed E-state index contributed by atoms with van der Waals surface area (Å²) >= 11 is 0. The molecule has 1 aromatic carbocycles. The molecule has 0 saturated carbocycles. The molecule has 0 aromatic heterocycles. The highest BCUT2D eigenvalue weighted by atomic mass is 16.7. The van der Waals surface area contributed by atoms with Gasteiger partial charge in [0.1, 0.15) is 17.5 Å². The maximum absolute atomic E-state index is 12.2. The van der Waals surface area contributed by atoms with E-state index in [1.807, 2.05) is 45.0 Å². The highest BCUT2D eigenvalue weighted by Gasteiger charge is 2.39. The second-order valence-electron chi connectivity index (χ2n) is 6.70. The first-order chi connectivity index (χ1) is 10.9. The predicted molar refractivity (Wildman–Crippen MR) is 85.7 cm³/mol. The average Bonchev–Trinajstić information content (AvgIpc) is 3.05. The van der Waals surface area contributed by atoms with Crippen molar-refractivity contribution in [2.75, 3.05) is 20.2 Å². The van der Waals surface area contributed by atoms with Gasteiger partial charge in [-0.15, -0.1) is 0 Å². The summed E-state index contributed by atoms with van der Waals surface area (Å²) in [6.45, 7) is 6.59. The lowest BCUT2D eigenvalue weighted by molar-refractivity contribution is 0.0146. The number of nitrogens with zero attached hydrogens (tertiary/aromatic N) is 1. The molecule has 23 heavy (non-hydrogen) atoms. The minimum Gasteiger partial charge on any atom is -0.497 e. The summed E-state index contributed by atoms with van der Waals surface area (Å²) in [7, 11) is 1.64. The molecule has 6 nitrogen and oxygen atoms in total. The summed E-state index contributed by atoms with van der Waals surface area (Å²) in [6, 6.07) is 7.74. The van der Waals surface area contributed by atoms with E-state index in [-0.39, 0.29) is 12.2 Å². The van der Waals surface area contributed by atoms with Gasteiger partial charge in [0.2, 0.25) is 0 Å². The van der Waals surface area contributed by atoms with E-state index in [1.54, 1.807) is 12.0 Å². The monoisotopic (exact) mass is 318 g/mol. The van der Waals surface area contributed by atoms with Crippen LogP contribution < -0.4 is 10.2 Å². The summed E-state index contributed by atoms with van der Waals surface area (Å²) in [6.07, 6.45) is -0.434. The first kappa shape index (κ1) is 15.7. The number of nitrogens with one attached hydrogen (secondary N) is 1. The molecular weight excluding hydrogens is 296 g/mol. The quantitative estimate of drug-likeness (QED) is 0.908. The fourth-order valence-corrected chi connectivity index (χ4v) is 2.69. The fraction of sp³-hybridized carbons (Fsp3) is 0.471. The third kappa shape index (κ3) is 3.27. The number of hydrogen-bond acceptors (Lipinski definition) is 5. The Hall–Kier alpha value is -2.21. The van der Waals surface area contributed by atoms with Gasteiger partial charge in [-0.05, 0) is 45.0 Å². The zero-order valence-electron chi connectivity index (χ0n) is 13.9. The van der Waals surface area contributed by atoms with Gasteiger partial charge >= 0.3 is 6.09 Å². The van der Waals surface area contributed by atoms with Gasteiger partial charge in [0.15, 0.2) is 0 Å². The van der Waals surface area contributed by atoms with Crippen LogP contribution >= 0.6 is 0 Å². The minimum atomic E-state index is -0.499. The smallest absolute Gasteiger partial charge is 0.410 e. The first-order valence-corrected chi connectivity index (χ1v) is 7.64. The molecule has 6 heteroatoms. The summed E-state index contributed by atoms with van der Waals surface area (Å²) in [5.41, 5.74) is 5.48. The van der Waals surface area contributed by atoms with Crippen molar-refractivity contribution in [3.8, 4) is 5.75 Å². The van der Waals surface area contributed by atoms with E-state index >= 15 is 0 Å². The number of amides is 1. The zero-order valence-corrected chi connectivity index (χ0v) is 13.9. The Labute approximate surface area is 136 Å². The van der Waals surface area contributed by atoms with Crippen LogP contribution in [0.3, 0.4) is 0 Å². The van der Waals surface area contributed by atoms with Crippen molar-refractivity contribution >= 4 is 11.8 Å². The molecule has 1 atom stereocenters. The Morgan fingerprint density at radius 3 is 2.61 bits per heavy atom. The summed E-state index contributed by atoms with van der Waals surface area (Å²) in [5.74, 6) is 0.802. The molecule has 1 fully saturated rings. The van der Waals surface area contributed by atoms with E-state index in [0.29, 0.717) is 13.1 Å². The summed E-state index contributed by atoms with van der Waals surface area (Å²) in [5, 5.41) is 0. The normalized spacial score (nSPS) is 20.3. The third-order valence-electron chi connectivity index (χ3n) is 3.79. The molecule has 1 unspecified atom stereocenters. The van der Waals surface area contributed by atoms with Gasteiger partial charge in [-0.2, -0.15) is 0 Å². The highest BCUT2D eigenvalue weighted by Crippen LogP contribution is 2.32. The van der Waals surface area contributed by atoms with Gasteiger partial charge < -0.3 is 14.4 Å². The average molecular weight is 318 g/mol. The predicted octanol–water partition coefficient (Wildman–Crippen LogP) is 2.56. The number of carbonyl (C=O) groups is 1. The molecule has 1 N–H and O–H groups in total. The van der Waals surface area contributed by atoms with Crippen LogP contribution in [-0.4, -0.2) is 42.9 Å². The Kier molecular flexibility index (Phi) is 3.93. The SMILES string of the molecule is COc1ccc(C2=C3CN(C(=O)OC(C)(C)C)CC3ON2)cc1. The van der Waals surface area contributed by atoms with Crippen molar-refractivity contribution in [1.29, 1.82) is 0 Å². The second-order valence-corrected chi connectivity index (χ2v) is 6.70. The van der Waals surface area contributed by atoms with Gasteiger partial charge in [0, 0.05) is 11.1 Å². The zero-order chi connectivity index (χ0) is 16.6. The number of benzene rings is 1. The number of rotatable bonds is 2. The number of hydrogen-bond donors (Lipinski definition) is 1. The van der Waals surface area contributed by atoms with E-state index in [2.05, 4.69) is 5.48 Å². The second kappa shape index (κ2) is 5.77. The Morgan fingerprint density at radius 2 is 2.00 bits per heavy atom. The van der Waals surface area contributed by atoms with Crippen molar-refractivity contribution in [2.24, 2.45) is 0 Å². The Bertz CT molecular complexity index is 631. The number of methoxy groups -OCH3 is 1. The van der Waals surface area contributed by atoms with E-state index in [1.165, 1.54) is 0 Å². The van der Waals surface area contributed by atoms with E-state index < -0.39 is 5.60 Å². The lowest BCUT2D eigenvalue weighted by Crippen LogP contribution is -2.36. The molecule has 1 saturated heterocycles. The summed E-state index contributed by atoms with van der Waals surface area (Å²) < 4.78 is 10.6. The van der Waals surface area contributed by atoms with Crippen molar-refractivity contribution in [3.63, 3.8) is 0 Å². The summed E-state index contributed by atoms with van der Waals surface area (Å²) in [4.78, 5) is 19.5. The topological polar surface area (TPSA) is 60.0 Å². The Balaban J connectivity index is 1.77. The largest absolute Gasteiger partial charge is 0.497 e. The van der Waals surface area contributed by atoms with Crippen LogP contribution in [0.15, 0.2) is 29.8 Å². The molecule has 1 aromatic rings. The third-order valence-corrected chi connectivity index (χ3v) is 3.79. The number of carbonyl (C=O) groups excluding carboxylic acids is 1. The van der Waals surface area contributed by atoms with Crippen LogP contribution in [0.1, 0.15) is 26.3 Å². The van der Waals surface area contributed by atoms with Crippen LogP contribution in [0.5, 0.6) is 5.75 Å². The number of ether oxygens (including phenoxy) is 2. The standard InChI is InChI=1S/C17H22N2O4/c1-17(2,3)22-16(20)19-9-13-14(10-19)23-18-15(13)11-5-7-12(21-4)8-6-11/h5-8,14,18H,9-10H2,1-4H3. The van der Waals surface area contributed by atoms with Gasteiger partial charge in [-0.3, -0.25) is 10.3 Å². The fourth-order valence-electron chi connectivity index (χ4n) is 2.69. The van der Waals surface area contributed by atoms with E-state index in [9.17, 15) is 4.79 Å². The maximum Gasteiger partial charge on any atom is 0.410 e. The molecule has 3 rings (SSSR count). The molecule has 0 bridgehead atoms. The Morgan fingerprint density at radius 1 is 1.30 bits per heavy atom. The highest BCUT2D eigenvalue weighted by molar-refractivity contribution is 5.74. The maximum atomic E-state index is 12.2. The van der Waals surface area contributed by atoms with Gasteiger partial charge in [-0.25, -0.2) is 4.79 Å². The molecule has 2 aliphatic rings. The van der Waals surface area contributed by atoms with Crippen molar-refractivity contribution in [2.45, 2.75) is 32.5 Å². The molecular formula is C17H22N2O4. The lowest BCUT2D eigenvalue weighted by Gasteiger charge is -2.24. The van der Waals surface area contributed by atoms with Crippen LogP contribution in [0.4, 0.5) is 4.79 Å². The molecule has 1 amide bonds. The van der Waals surface area contributed by atoms with E-state index in [4.69, 9.17) is 14.3 Å². The van der Waals surface area contributed by atoms with Crippen LogP contribution in [0.2, 0.25) is 0 Å². The van der Waals surface area contributed by atoms with Crippen LogP contribution in [0.25, 0.3) is 5.70 Å². The molecule has 124 valence electrons. The molecule has 2 aliphatic heterocycles. The minimum absolute atomic E-state index is 0.125. The van der Waals surface area contributed by atoms with Crippen molar-refractivity contribution < 1.29 is 19.1 Å². The number of likely N-dealkylation sites (tertiary alicyclic amines) is 1. The number of hydroxylamine groups is 1. The number of fused-ring (bicyclic) bond motifs is 1. The first-order valence-electron chi connectivity index (χ1n) is 7.64. The molecule has 0 radical (unpaired) electrons. The molecule has 2 heterocycles. The lowest BCUT2D eigenvalue weighted by atomic mass is 10.1. The van der Waals surface area contributed by atoms with Crippen molar-refractivity contribution in [1.82, 2.24) is 10.4 Å². The molecule has 0 aliphatic carbocycles. The van der Waals surface area contributed by atoms with Crippen LogP contribution in [-0.2, 0) is 9.57 Å². The van der Waals surface area contributed by atoms with Gasteiger partial charge in [-0.1, -0.05) is 0 Å².